The summed E-state index contributed by atoms with van der Waals surface area (Å²) in [6.07, 6.45) is 11.1. The number of amides is 1. The Bertz CT molecular complexity index is 1280. The molecular weight excluding hydrogens is 392 g/mol. The first-order chi connectivity index (χ1) is 15.2. The quantitative estimate of drug-likeness (QED) is 0.546. The average Bonchev–Trinajstić information content (AvgIpc) is 3.34. The van der Waals surface area contributed by atoms with E-state index in [1.165, 1.54) is 12.0 Å². The molecule has 0 atom stereocenters. The lowest BCUT2D eigenvalue weighted by Crippen LogP contribution is -2.24. The number of carbonyl (C=O) groups excluding carboxylic acids is 1. The number of nitrogens with one attached hydrogen (secondary N) is 1. The van der Waals surface area contributed by atoms with Gasteiger partial charge < -0.3 is 14.6 Å². The molecule has 5 heterocycles. The molecule has 8 heteroatoms. The SMILES string of the molecule is CN1CC=C(c2cc(C(=O)Nc3cc4cc(-c5cnco5)ncc4cn3)ccn2)CC1. The van der Waals surface area contributed by atoms with Crippen LogP contribution in [0.2, 0.25) is 0 Å². The van der Waals surface area contributed by atoms with Gasteiger partial charge in [0.1, 0.15) is 11.5 Å². The summed E-state index contributed by atoms with van der Waals surface area (Å²) in [6.45, 7) is 1.87. The third-order valence-corrected chi connectivity index (χ3v) is 5.29. The second-order valence-electron chi connectivity index (χ2n) is 7.48. The molecule has 154 valence electrons. The second kappa shape index (κ2) is 8.08. The Kier molecular flexibility index (Phi) is 4.97. The number of pyridine rings is 3. The molecule has 0 aromatic carbocycles. The van der Waals surface area contributed by atoms with Crippen LogP contribution in [0.3, 0.4) is 0 Å². The Morgan fingerprint density at radius 2 is 1.97 bits per heavy atom. The molecule has 0 saturated heterocycles. The number of oxazole rings is 1. The second-order valence-corrected chi connectivity index (χ2v) is 7.48. The van der Waals surface area contributed by atoms with Gasteiger partial charge in [0.15, 0.2) is 12.2 Å². The molecule has 1 N–H and O–H groups in total. The molecule has 0 aliphatic carbocycles. The first-order valence-corrected chi connectivity index (χ1v) is 9.96. The normalized spacial score (nSPS) is 14.4. The number of rotatable bonds is 4. The highest BCUT2D eigenvalue weighted by molar-refractivity contribution is 6.04. The van der Waals surface area contributed by atoms with Crippen molar-refractivity contribution in [3.8, 4) is 11.5 Å². The smallest absolute Gasteiger partial charge is 0.256 e. The van der Waals surface area contributed by atoms with Gasteiger partial charge in [0, 0.05) is 42.6 Å². The lowest BCUT2D eigenvalue weighted by Gasteiger charge is -2.21. The Balaban J connectivity index is 1.38. The van der Waals surface area contributed by atoms with Crippen molar-refractivity contribution < 1.29 is 9.21 Å². The molecule has 0 radical (unpaired) electrons. The van der Waals surface area contributed by atoms with Gasteiger partial charge in [-0.05, 0) is 48.7 Å². The van der Waals surface area contributed by atoms with E-state index in [2.05, 4.69) is 43.3 Å². The van der Waals surface area contributed by atoms with E-state index in [1.54, 1.807) is 30.9 Å². The van der Waals surface area contributed by atoms with E-state index in [4.69, 9.17) is 4.42 Å². The van der Waals surface area contributed by atoms with Crippen LogP contribution in [0, 0.1) is 0 Å². The highest BCUT2D eigenvalue weighted by Gasteiger charge is 2.14. The van der Waals surface area contributed by atoms with Crippen LogP contribution in [0.25, 0.3) is 27.8 Å². The number of likely N-dealkylation sites (N-methyl/N-ethyl adjacent to an activating group) is 1. The van der Waals surface area contributed by atoms with Crippen LogP contribution in [0.4, 0.5) is 5.82 Å². The van der Waals surface area contributed by atoms with Gasteiger partial charge in [0.05, 0.1) is 11.9 Å². The van der Waals surface area contributed by atoms with Crippen LogP contribution in [0.1, 0.15) is 22.5 Å². The minimum atomic E-state index is -0.228. The van der Waals surface area contributed by atoms with Crippen LogP contribution >= 0.6 is 0 Å². The summed E-state index contributed by atoms with van der Waals surface area (Å²) in [4.78, 5) is 32.2. The summed E-state index contributed by atoms with van der Waals surface area (Å²) in [7, 11) is 2.09. The largest absolute Gasteiger partial charge is 0.442 e. The Morgan fingerprint density at radius 1 is 1.06 bits per heavy atom. The van der Waals surface area contributed by atoms with Gasteiger partial charge in [-0.15, -0.1) is 0 Å². The van der Waals surface area contributed by atoms with Crippen LogP contribution in [-0.4, -0.2) is 50.9 Å². The van der Waals surface area contributed by atoms with E-state index in [1.807, 2.05) is 18.2 Å². The number of hydrogen-bond acceptors (Lipinski definition) is 7. The van der Waals surface area contributed by atoms with E-state index in [-0.39, 0.29) is 5.91 Å². The van der Waals surface area contributed by atoms with Gasteiger partial charge in [0.25, 0.3) is 5.91 Å². The van der Waals surface area contributed by atoms with E-state index >= 15 is 0 Å². The highest BCUT2D eigenvalue weighted by Crippen LogP contribution is 2.24. The predicted molar refractivity (Wildman–Crippen MR) is 117 cm³/mol. The van der Waals surface area contributed by atoms with Crippen molar-refractivity contribution in [3.63, 3.8) is 0 Å². The molecule has 8 nitrogen and oxygen atoms in total. The maximum Gasteiger partial charge on any atom is 0.256 e. The van der Waals surface area contributed by atoms with Crippen LogP contribution in [-0.2, 0) is 0 Å². The molecule has 0 spiro atoms. The summed E-state index contributed by atoms with van der Waals surface area (Å²) in [5, 5.41) is 4.63. The molecule has 1 aliphatic rings. The predicted octanol–water partition coefficient (Wildman–Crippen LogP) is 3.65. The Hall–Kier alpha value is -3.91. The van der Waals surface area contributed by atoms with Gasteiger partial charge in [-0.3, -0.25) is 14.8 Å². The van der Waals surface area contributed by atoms with Crippen molar-refractivity contribution in [2.24, 2.45) is 0 Å². The molecule has 0 fully saturated rings. The van der Waals surface area contributed by atoms with Crippen molar-refractivity contribution in [1.29, 1.82) is 0 Å². The molecule has 1 aliphatic heterocycles. The molecule has 0 unspecified atom stereocenters. The van der Waals surface area contributed by atoms with Gasteiger partial charge in [-0.2, -0.15) is 0 Å². The third-order valence-electron chi connectivity index (χ3n) is 5.29. The molecule has 31 heavy (non-hydrogen) atoms. The fourth-order valence-electron chi connectivity index (χ4n) is 3.52. The molecule has 0 bridgehead atoms. The Morgan fingerprint density at radius 3 is 2.77 bits per heavy atom. The molecule has 4 aromatic rings. The van der Waals surface area contributed by atoms with E-state index in [0.717, 1.165) is 36.0 Å². The molecule has 1 amide bonds. The number of fused-ring (bicyclic) bond motifs is 1. The van der Waals surface area contributed by atoms with Gasteiger partial charge >= 0.3 is 0 Å². The molecule has 5 rings (SSSR count). The summed E-state index contributed by atoms with van der Waals surface area (Å²) in [5.74, 6) is 0.814. The van der Waals surface area contributed by atoms with E-state index < -0.39 is 0 Å². The summed E-state index contributed by atoms with van der Waals surface area (Å²) >= 11 is 0. The molecule has 0 saturated carbocycles. The van der Waals surface area contributed by atoms with Gasteiger partial charge in [-0.25, -0.2) is 9.97 Å². The van der Waals surface area contributed by atoms with Crippen molar-refractivity contribution in [3.05, 3.63) is 72.8 Å². The molecular formula is C23H20N6O2. The zero-order chi connectivity index (χ0) is 21.2. The number of nitrogens with zero attached hydrogens (tertiary/aromatic N) is 5. The topological polar surface area (TPSA) is 97.0 Å². The minimum Gasteiger partial charge on any atom is -0.442 e. The number of anilines is 1. The third kappa shape index (κ3) is 4.06. The zero-order valence-corrected chi connectivity index (χ0v) is 16.9. The maximum absolute atomic E-state index is 12.8. The monoisotopic (exact) mass is 412 g/mol. The fraction of sp³-hybridized carbons (Fsp3) is 0.174. The number of aromatic nitrogens is 4. The van der Waals surface area contributed by atoms with Crippen molar-refractivity contribution in [2.75, 3.05) is 25.5 Å². The van der Waals surface area contributed by atoms with Gasteiger partial charge in [-0.1, -0.05) is 6.08 Å². The zero-order valence-electron chi connectivity index (χ0n) is 16.9. The van der Waals surface area contributed by atoms with Gasteiger partial charge in [0.2, 0.25) is 0 Å². The van der Waals surface area contributed by atoms with E-state index in [0.29, 0.717) is 22.8 Å². The summed E-state index contributed by atoms with van der Waals surface area (Å²) in [5.41, 5.74) is 3.22. The number of carbonyl (C=O) groups is 1. The highest BCUT2D eigenvalue weighted by atomic mass is 16.3. The first-order valence-electron chi connectivity index (χ1n) is 9.96. The standard InChI is InChI=1S/C23H20N6O2/c1-29-6-3-15(4-7-29)19-8-16(2-5-25-19)23(30)28-22-10-17-9-20(21-13-24-14-31-21)26-11-18(17)12-27-22/h2-3,5,8-14H,4,6-7H2,1H3,(H,27,28,30). The van der Waals surface area contributed by atoms with Crippen LogP contribution < -0.4 is 5.32 Å². The first kappa shape index (κ1) is 19.1. The van der Waals surface area contributed by atoms with E-state index in [9.17, 15) is 4.79 Å². The van der Waals surface area contributed by atoms with Crippen molar-refractivity contribution in [2.45, 2.75) is 6.42 Å². The maximum atomic E-state index is 12.8. The minimum absolute atomic E-state index is 0.228. The average molecular weight is 412 g/mol. The lowest BCUT2D eigenvalue weighted by molar-refractivity contribution is 0.102. The van der Waals surface area contributed by atoms with Crippen LogP contribution in [0.15, 0.2) is 65.9 Å². The van der Waals surface area contributed by atoms with Crippen molar-refractivity contribution in [1.82, 2.24) is 24.8 Å². The van der Waals surface area contributed by atoms with Crippen LogP contribution in [0.5, 0.6) is 0 Å². The Labute approximate surface area is 178 Å². The number of hydrogen-bond donors (Lipinski definition) is 1. The summed E-state index contributed by atoms with van der Waals surface area (Å²) < 4.78 is 5.32. The molecule has 4 aromatic heterocycles. The van der Waals surface area contributed by atoms with Crippen molar-refractivity contribution >= 4 is 28.1 Å². The fourth-order valence-corrected chi connectivity index (χ4v) is 3.52. The summed E-state index contributed by atoms with van der Waals surface area (Å²) in [6, 6.07) is 7.24. The lowest BCUT2D eigenvalue weighted by atomic mass is 10.0.